The summed E-state index contributed by atoms with van der Waals surface area (Å²) in [6.07, 6.45) is 2.77. The second-order valence-corrected chi connectivity index (χ2v) is 3.75. The smallest absolute Gasteiger partial charge is 0.213 e. The van der Waals surface area contributed by atoms with Gasteiger partial charge in [-0.15, -0.1) is 0 Å². The van der Waals surface area contributed by atoms with E-state index in [1.165, 1.54) is 12.8 Å². The molecule has 1 aromatic heterocycles. The van der Waals surface area contributed by atoms with E-state index in [-0.39, 0.29) is 0 Å². The van der Waals surface area contributed by atoms with Crippen molar-refractivity contribution in [3.05, 3.63) is 23.9 Å². The second kappa shape index (κ2) is 4.42. The third kappa shape index (κ3) is 2.70. The Morgan fingerprint density at radius 3 is 3.07 bits per heavy atom. The predicted octanol–water partition coefficient (Wildman–Crippen LogP) is 1.59. The van der Waals surface area contributed by atoms with Crippen molar-refractivity contribution in [2.45, 2.75) is 19.4 Å². The van der Waals surface area contributed by atoms with Gasteiger partial charge in [0.1, 0.15) is 0 Å². The maximum absolute atomic E-state index is 5.06. The molecule has 3 nitrogen and oxygen atoms in total. The fourth-order valence-corrected chi connectivity index (χ4v) is 1.40. The molecule has 76 valence electrons. The van der Waals surface area contributed by atoms with Gasteiger partial charge in [-0.05, 0) is 31.4 Å². The van der Waals surface area contributed by atoms with E-state index >= 15 is 0 Å². The Morgan fingerprint density at radius 1 is 1.50 bits per heavy atom. The first kappa shape index (κ1) is 9.46. The van der Waals surface area contributed by atoms with Gasteiger partial charge in [0, 0.05) is 12.6 Å². The zero-order chi connectivity index (χ0) is 9.80. The summed E-state index contributed by atoms with van der Waals surface area (Å²) in [6, 6.07) is 5.85. The van der Waals surface area contributed by atoms with Gasteiger partial charge in [-0.25, -0.2) is 4.98 Å². The molecule has 0 amide bonds. The minimum absolute atomic E-state index is 0.690. The average molecular weight is 192 g/mol. The monoisotopic (exact) mass is 192 g/mol. The van der Waals surface area contributed by atoms with Gasteiger partial charge in [0.15, 0.2) is 0 Å². The predicted molar refractivity (Wildman–Crippen MR) is 55.2 cm³/mol. The fraction of sp³-hybridized carbons (Fsp3) is 0.545. The van der Waals surface area contributed by atoms with Gasteiger partial charge >= 0.3 is 0 Å². The van der Waals surface area contributed by atoms with Crippen LogP contribution in [0.1, 0.15) is 18.5 Å². The molecule has 1 fully saturated rings. The van der Waals surface area contributed by atoms with Crippen LogP contribution in [-0.2, 0) is 6.54 Å². The Morgan fingerprint density at radius 2 is 2.36 bits per heavy atom. The first-order valence-corrected chi connectivity index (χ1v) is 5.09. The van der Waals surface area contributed by atoms with Crippen LogP contribution in [0.2, 0.25) is 0 Å². The average Bonchev–Trinajstić information content (AvgIpc) is 3.02. The minimum atomic E-state index is 0.690. The Kier molecular flexibility index (Phi) is 2.99. The minimum Gasteiger partial charge on any atom is -0.481 e. The maximum Gasteiger partial charge on any atom is 0.213 e. The second-order valence-electron chi connectivity index (χ2n) is 3.75. The van der Waals surface area contributed by atoms with E-state index in [0.29, 0.717) is 5.88 Å². The lowest BCUT2D eigenvalue weighted by molar-refractivity contribution is 0.395. The van der Waals surface area contributed by atoms with Crippen LogP contribution in [0, 0.1) is 5.92 Å². The summed E-state index contributed by atoms with van der Waals surface area (Å²) in [5.74, 6) is 1.61. The first-order chi connectivity index (χ1) is 6.88. The van der Waals surface area contributed by atoms with Gasteiger partial charge in [-0.3, -0.25) is 0 Å². The van der Waals surface area contributed by atoms with Crippen molar-refractivity contribution in [1.82, 2.24) is 10.3 Å². The van der Waals surface area contributed by atoms with Crippen LogP contribution in [0.3, 0.4) is 0 Å². The van der Waals surface area contributed by atoms with Gasteiger partial charge in [-0.1, -0.05) is 6.07 Å². The number of hydrogen-bond donors (Lipinski definition) is 1. The molecule has 0 saturated heterocycles. The lowest BCUT2D eigenvalue weighted by atomic mass is 10.3. The summed E-state index contributed by atoms with van der Waals surface area (Å²) < 4.78 is 5.06. The van der Waals surface area contributed by atoms with Crippen LogP contribution >= 0.6 is 0 Å². The van der Waals surface area contributed by atoms with Crippen molar-refractivity contribution < 1.29 is 4.74 Å². The summed E-state index contributed by atoms with van der Waals surface area (Å²) in [7, 11) is 1.64. The quantitative estimate of drug-likeness (QED) is 0.769. The van der Waals surface area contributed by atoms with Crippen molar-refractivity contribution in [2.24, 2.45) is 5.92 Å². The molecule has 0 bridgehead atoms. The zero-order valence-corrected chi connectivity index (χ0v) is 8.49. The van der Waals surface area contributed by atoms with Gasteiger partial charge in [-0.2, -0.15) is 0 Å². The normalized spacial score (nSPS) is 15.5. The molecular formula is C11H16N2O. The maximum atomic E-state index is 5.06. The first-order valence-electron chi connectivity index (χ1n) is 5.09. The Hall–Kier alpha value is -1.09. The lowest BCUT2D eigenvalue weighted by Gasteiger charge is -2.04. The highest BCUT2D eigenvalue weighted by Crippen LogP contribution is 2.27. The molecule has 0 atom stereocenters. The Bertz CT molecular complexity index is 297. The van der Waals surface area contributed by atoms with E-state index in [0.717, 1.165) is 24.7 Å². The number of aromatic nitrogens is 1. The molecule has 0 aliphatic heterocycles. The molecule has 1 aliphatic carbocycles. The van der Waals surface area contributed by atoms with Crippen LogP contribution in [0.4, 0.5) is 0 Å². The molecule has 1 saturated carbocycles. The molecule has 0 spiro atoms. The topological polar surface area (TPSA) is 34.1 Å². The van der Waals surface area contributed by atoms with Crippen molar-refractivity contribution >= 4 is 0 Å². The summed E-state index contributed by atoms with van der Waals surface area (Å²) in [6.45, 7) is 1.96. The fourth-order valence-electron chi connectivity index (χ4n) is 1.40. The van der Waals surface area contributed by atoms with Crippen LogP contribution in [0.25, 0.3) is 0 Å². The highest BCUT2D eigenvalue weighted by molar-refractivity contribution is 5.15. The third-order valence-electron chi connectivity index (χ3n) is 2.43. The van der Waals surface area contributed by atoms with E-state index in [1.54, 1.807) is 7.11 Å². The van der Waals surface area contributed by atoms with E-state index in [9.17, 15) is 0 Å². The van der Waals surface area contributed by atoms with Crippen LogP contribution in [0.15, 0.2) is 18.2 Å². The number of ether oxygens (including phenoxy) is 1. The van der Waals surface area contributed by atoms with Gasteiger partial charge in [0.25, 0.3) is 0 Å². The van der Waals surface area contributed by atoms with Gasteiger partial charge in [0.05, 0.1) is 12.8 Å². The molecular weight excluding hydrogens is 176 g/mol. The van der Waals surface area contributed by atoms with Crippen molar-refractivity contribution in [1.29, 1.82) is 0 Å². The standard InChI is InChI=1S/C11H16N2O/c1-14-11-4-2-3-10(13-11)8-12-7-9-5-6-9/h2-4,9,12H,5-8H2,1H3. The summed E-state index contributed by atoms with van der Waals surface area (Å²) in [4.78, 5) is 4.32. The Labute approximate surface area is 84.5 Å². The Balaban J connectivity index is 1.81. The molecule has 0 unspecified atom stereocenters. The molecule has 0 radical (unpaired) electrons. The summed E-state index contributed by atoms with van der Waals surface area (Å²) in [5, 5.41) is 3.40. The number of nitrogens with one attached hydrogen (secondary N) is 1. The molecule has 1 heterocycles. The molecule has 1 N–H and O–H groups in total. The van der Waals surface area contributed by atoms with Crippen LogP contribution < -0.4 is 10.1 Å². The molecule has 0 aromatic carbocycles. The zero-order valence-electron chi connectivity index (χ0n) is 8.49. The number of pyridine rings is 1. The summed E-state index contributed by atoms with van der Waals surface area (Å²) in [5.41, 5.74) is 1.05. The van der Waals surface area contributed by atoms with Gasteiger partial charge in [0.2, 0.25) is 5.88 Å². The van der Waals surface area contributed by atoms with Gasteiger partial charge < -0.3 is 10.1 Å². The summed E-state index contributed by atoms with van der Waals surface area (Å²) >= 11 is 0. The van der Waals surface area contributed by atoms with Crippen molar-refractivity contribution in [3.63, 3.8) is 0 Å². The van der Waals surface area contributed by atoms with Crippen molar-refractivity contribution in [3.8, 4) is 5.88 Å². The highest BCUT2D eigenvalue weighted by Gasteiger charge is 2.20. The number of methoxy groups -OCH3 is 1. The SMILES string of the molecule is COc1cccc(CNCC2CC2)n1. The molecule has 1 aliphatic rings. The van der Waals surface area contributed by atoms with E-state index in [4.69, 9.17) is 4.74 Å². The highest BCUT2D eigenvalue weighted by atomic mass is 16.5. The van der Waals surface area contributed by atoms with Crippen LogP contribution in [-0.4, -0.2) is 18.6 Å². The molecule has 2 rings (SSSR count). The lowest BCUT2D eigenvalue weighted by Crippen LogP contribution is -2.16. The number of hydrogen-bond acceptors (Lipinski definition) is 3. The number of rotatable bonds is 5. The van der Waals surface area contributed by atoms with E-state index in [2.05, 4.69) is 10.3 Å². The van der Waals surface area contributed by atoms with E-state index < -0.39 is 0 Å². The molecule has 3 heteroatoms. The number of nitrogens with zero attached hydrogens (tertiary/aromatic N) is 1. The molecule has 1 aromatic rings. The molecule has 14 heavy (non-hydrogen) atoms. The third-order valence-corrected chi connectivity index (χ3v) is 2.43. The largest absolute Gasteiger partial charge is 0.481 e. The van der Waals surface area contributed by atoms with Crippen LogP contribution in [0.5, 0.6) is 5.88 Å². The van der Waals surface area contributed by atoms with E-state index in [1.807, 2.05) is 18.2 Å². The van der Waals surface area contributed by atoms with Crippen molar-refractivity contribution in [2.75, 3.05) is 13.7 Å².